The number of ketones is 1. The molecule has 1 heterocycles. The van der Waals surface area contributed by atoms with Crippen molar-refractivity contribution in [1.82, 2.24) is 16.0 Å². The van der Waals surface area contributed by atoms with E-state index in [1.54, 1.807) is 66.7 Å². The van der Waals surface area contributed by atoms with E-state index in [9.17, 15) is 43.8 Å². The Morgan fingerprint density at radius 2 is 1.36 bits per heavy atom. The third kappa shape index (κ3) is 14.9. The van der Waals surface area contributed by atoms with E-state index in [-0.39, 0.29) is 93.2 Å². The van der Waals surface area contributed by atoms with E-state index >= 15 is 9.59 Å². The lowest BCUT2D eigenvalue weighted by molar-refractivity contribution is -0.346. The van der Waals surface area contributed by atoms with E-state index in [4.69, 9.17) is 42.6 Å². The summed E-state index contributed by atoms with van der Waals surface area (Å²) in [5.41, 5.74) is -7.75. The molecule has 2 bridgehead atoms. The fourth-order valence-corrected chi connectivity index (χ4v) is 14.3. The van der Waals surface area contributed by atoms with Crippen LogP contribution in [-0.2, 0) is 71.4 Å². The van der Waals surface area contributed by atoms with Crippen LogP contribution in [0.5, 0.6) is 0 Å². The molecule has 4 fully saturated rings. The van der Waals surface area contributed by atoms with Gasteiger partial charge in [0.15, 0.2) is 17.5 Å². The molecule has 14 atom stereocenters. The first-order valence-electron chi connectivity index (χ1n) is 31.5. The summed E-state index contributed by atoms with van der Waals surface area (Å²) in [4.78, 5) is 126. The lowest BCUT2D eigenvalue weighted by Crippen LogP contribution is -2.82. The molecular weight excluding hydrogens is 1190 g/mol. The number of hydrogen-bond donors (Lipinski definition) is 5. The molecule has 6 aliphatic rings. The zero-order valence-corrected chi connectivity index (χ0v) is 52.8. The average Bonchev–Trinajstić information content (AvgIpc) is 0.816. The summed E-state index contributed by atoms with van der Waals surface area (Å²) in [5.74, 6) is -0.705. The first-order chi connectivity index (χ1) is 44.0. The summed E-state index contributed by atoms with van der Waals surface area (Å²) >= 11 is 0. The molecule has 3 aromatic carbocycles. The van der Waals surface area contributed by atoms with E-state index in [0.717, 1.165) is 39.5 Å². The molecule has 3 amide bonds. The van der Waals surface area contributed by atoms with Gasteiger partial charge in [-0.3, -0.25) is 28.8 Å². The van der Waals surface area contributed by atoms with Crippen molar-refractivity contribution < 1.29 is 96.0 Å². The van der Waals surface area contributed by atoms with Crippen molar-refractivity contribution in [3.63, 3.8) is 0 Å². The zero-order valence-electron chi connectivity index (χ0n) is 52.8. The van der Waals surface area contributed by atoms with Gasteiger partial charge in [0.05, 0.1) is 62.6 Å². The minimum Gasteiger partial charge on any atom is -0.455 e. The van der Waals surface area contributed by atoms with Crippen LogP contribution in [0.1, 0.15) is 132 Å². The maximum atomic E-state index is 15.9. The number of carbonyl (C=O) groups is 9. The molecule has 1 aliphatic heterocycles. The number of aliphatic hydroxyl groups is 2. The number of aliphatic hydroxyl groups excluding tert-OH is 1. The molecule has 9 rings (SSSR count). The number of alkyl carbamates (subject to hydrolysis) is 1. The Morgan fingerprint density at radius 3 is 1.96 bits per heavy atom. The summed E-state index contributed by atoms with van der Waals surface area (Å²) in [5, 5.41) is 34.6. The third-order valence-electron chi connectivity index (χ3n) is 19.2. The Bertz CT molecular complexity index is 3280. The topological polar surface area (TPSA) is 313 Å². The second-order valence-corrected chi connectivity index (χ2v) is 25.2. The third-order valence-corrected chi connectivity index (χ3v) is 19.2. The molecule has 5 N–H and O–H groups in total. The van der Waals surface area contributed by atoms with Gasteiger partial charge in [0, 0.05) is 76.4 Å². The normalized spacial score (nSPS) is 28.7. The lowest BCUT2D eigenvalue weighted by atomic mass is 9.44. The molecule has 0 radical (unpaired) electrons. The van der Waals surface area contributed by atoms with Gasteiger partial charge in [-0.05, 0) is 91.8 Å². The Morgan fingerprint density at radius 1 is 0.750 bits per heavy atom. The Kier molecular flexibility index (Phi) is 22.1. The minimum absolute atomic E-state index is 0.0236. The molecule has 92 heavy (non-hydrogen) atoms. The standard InChI is InChI=1S/C69H83N3O20/c1-41-50(38-69(83)61(91-63(80)46-25-16-11-17-26-46)59-67(6,51(75)37-52-68(59,40-87-52)92-43(3)74)60(78)57(88-42(2)73)55(41)66(69,4)5)89-64(81)58(56(44-21-12-9-13-22-44)72-62(79)45-23-14-10-15-24-45)90-54(77)30-20-29-53(76)70-31-33-84-35-36-85-34-32-71-65(82)86-39-49-47-27-18-7-8-19-28-48(47)49/h9-17,21-26,47-52,56-59,61,75,83H,18-20,27-40H2,1-6H3,(H,70,76)(H,71,82)(H,72,79)/t47-,48+,49?,50-,51-,52+,56-,57+,58+,59?,61?,67+,68-,69+/m0/s1. The van der Waals surface area contributed by atoms with Crippen LogP contribution in [0.2, 0.25) is 0 Å². The second kappa shape index (κ2) is 29.7. The largest absolute Gasteiger partial charge is 0.455 e. The smallest absolute Gasteiger partial charge is 0.407 e. The molecule has 3 aromatic rings. The van der Waals surface area contributed by atoms with Crippen LogP contribution in [0.25, 0.3) is 0 Å². The van der Waals surface area contributed by atoms with Gasteiger partial charge in [-0.1, -0.05) is 80.6 Å². The molecule has 3 unspecified atom stereocenters. The van der Waals surface area contributed by atoms with Crippen LogP contribution in [-0.4, -0.2) is 164 Å². The molecule has 5 aliphatic carbocycles. The number of carbonyl (C=O) groups excluding carboxylic acids is 9. The fraction of sp³-hybridized carbons (Fsp3) is 0.551. The van der Waals surface area contributed by atoms with Crippen molar-refractivity contribution in [2.24, 2.45) is 34.5 Å². The minimum atomic E-state index is -2.51. The number of amides is 3. The highest BCUT2D eigenvalue weighted by atomic mass is 16.6. The molecule has 3 saturated carbocycles. The highest BCUT2D eigenvalue weighted by Crippen LogP contribution is 2.64. The van der Waals surface area contributed by atoms with Gasteiger partial charge < -0.3 is 68.8 Å². The first kappa shape index (κ1) is 68.4. The number of nitrogens with one attached hydrogen (secondary N) is 3. The number of esters is 5. The number of benzene rings is 3. The number of ether oxygens (including phenoxy) is 9. The van der Waals surface area contributed by atoms with Crippen molar-refractivity contribution in [3.8, 4) is 11.8 Å². The molecule has 0 aromatic heterocycles. The van der Waals surface area contributed by atoms with Gasteiger partial charge in [-0.15, -0.1) is 11.8 Å². The van der Waals surface area contributed by atoms with Gasteiger partial charge >= 0.3 is 35.9 Å². The highest BCUT2D eigenvalue weighted by Gasteiger charge is 2.78. The summed E-state index contributed by atoms with van der Waals surface area (Å²) in [6.07, 6.45) is -8.31. The fourth-order valence-electron chi connectivity index (χ4n) is 14.3. The highest BCUT2D eigenvalue weighted by molar-refractivity contribution is 5.96. The number of fused-ring (bicyclic) bond motifs is 6. The number of rotatable bonds is 26. The lowest BCUT2D eigenvalue weighted by Gasteiger charge is -2.67. The van der Waals surface area contributed by atoms with Crippen LogP contribution in [0.15, 0.2) is 102 Å². The van der Waals surface area contributed by atoms with Crippen molar-refractivity contribution in [3.05, 3.63) is 119 Å². The second-order valence-electron chi connectivity index (χ2n) is 25.2. The van der Waals surface area contributed by atoms with Crippen LogP contribution in [0.4, 0.5) is 4.79 Å². The maximum absolute atomic E-state index is 15.9. The molecule has 1 saturated heterocycles. The van der Waals surface area contributed by atoms with Gasteiger partial charge in [-0.25, -0.2) is 14.4 Å². The van der Waals surface area contributed by atoms with Crippen molar-refractivity contribution >= 4 is 53.5 Å². The van der Waals surface area contributed by atoms with E-state index in [0.29, 0.717) is 24.4 Å². The first-order valence-corrected chi connectivity index (χ1v) is 31.5. The summed E-state index contributed by atoms with van der Waals surface area (Å²) in [7, 11) is 0. The predicted molar refractivity (Wildman–Crippen MR) is 326 cm³/mol. The van der Waals surface area contributed by atoms with Crippen molar-refractivity contribution in [2.75, 3.05) is 52.7 Å². The van der Waals surface area contributed by atoms with Gasteiger partial charge in [0.1, 0.15) is 30.0 Å². The van der Waals surface area contributed by atoms with Crippen LogP contribution in [0, 0.1) is 46.3 Å². The Labute approximate surface area is 534 Å². The van der Waals surface area contributed by atoms with E-state index in [1.807, 2.05) is 0 Å². The molecule has 0 spiro atoms. The summed E-state index contributed by atoms with van der Waals surface area (Å²) < 4.78 is 53.7. The average molecular weight is 1270 g/mol. The van der Waals surface area contributed by atoms with Gasteiger partial charge in [-0.2, -0.15) is 0 Å². The van der Waals surface area contributed by atoms with Crippen molar-refractivity contribution in [2.45, 2.75) is 153 Å². The molecule has 23 heteroatoms. The summed E-state index contributed by atoms with van der Waals surface area (Å²) in [6, 6.07) is 22.5. The van der Waals surface area contributed by atoms with Crippen LogP contribution < -0.4 is 16.0 Å². The van der Waals surface area contributed by atoms with Gasteiger partial charge in [0.2, 0.25) is 12.0 Å². The zero-order chi connectivity index (χ0) is 66.0. The SMILES string of the molecule is CC(=O)O[C@H]1C(=O)[C@@]2(C)C(C(OC(=O)c3ccccc3)[C@]3(O)C[C@H](OC(=O)[C@H](OC(=O)CCCC(=O)NCCOCCOCCNC(=O)OCC4[C@H]5CCC#CCC[C@@H]45)[C@@H](NC(=O)c4ccccc4)c4ccccc4)C(C)=C1C3(C)C)[C@]1(OC(C)=O)CO[C@@H]1C[C@@H]2O. The Balaban J connectivity index is 0.909. The Hall–Kier alpha value is -8.01. The van der Waals surface area contributed by atoms with Crippen LogP contribution in [0.3, 0.4) is 0 Å². The monoisotopic (exact) mass is 1270 g/mol. The van der Waals surface area contributed by atoms with Crippen LogP contribution >= 0.6 is 0 Å². The maximum Gasteiger partial charge on any atom is 0.407 e. The number of hydrogen-bond acceptors (Lipinski definition) is 20. The van der Waals surface area contributed by atoms with Crippen molar-refractivity contribution in [1.29, 1.82) is 0 Å². The van der Waals surface area contributed by atoms with Gasteiger partial charge in [0.25, 0.3) is 5.91 Å². The van der Waals surface area contributed by atoms with E-state index in [2.05, 4.69) is 27.8 Å². The molecular formula is C69H83N3O20. The molecule has 23 nitrogen and oxygen atoms in total. The predicted octanol–water partition coefficient (Wildman–Crippen LogP) is 5.77. The van der Waals surface area contributed by atoms with E-state index < -0.39 is 137 Å². The quantitative estimate of drug-likeness (QED) is 0.0209. The number of Topliss-reactive ketones (excluding diaryl/α,β-unsaturated/α-hetero) is 1. The van der Waals surface area contributed by atoms with E-state index in [1.165, 1.54) is 52.0 Å². The summed E-state index contributed by atoms with van der Waals surface area (Å²) in [6.45, 7) is 9.42. The molecule has 494 valence electrons.